The average Bonchev–Trinajstić information content (AvgIpc) is 2.38. The molecule has 0 unspecified atom stereocenters. The van der Waals surface area contributed by atoms with E-state index in [9.17, 15) is 4.79 Å². The molecule has 0 amide bonds. The molecular weight excluding hydrogens is 312 g/mol. The fourth-order valence-electron chi connectivity index (χ4n) is 2.26. The Kier molecular flexibility index (Phi) is 2.84. The molecule has 0 saturated carbocycles. The highest BCUT2D eigenvalue weighted by atomic mass is 79.9. The average molecular weight is 320 g/mol. The van der Waals surface area contributed by atoms with Crippen LogP contribution in [0.25, 0.3) is 21.5 Å². The van der Waals surface area contributed by atoms with Gasteiger partial charge in [-0.25, -0.2) is 0 Å². The van der Waals surface area contributed by atoms with Crippen LogP contribution in [0.2, 0.25) is 0 Å². The lowest BCUT2D eigenvalue weighted by molar-refractivity contribution is 0.108. The first-order chi connectivity index (χ1) is 8.68. The van der Waals surface area contributed by atoms with Gasteiger partial charge in [-0.05, 0) is 45.3 Å². The van der Waals surface area contributed by atoms with E-state index in [0.29, 0.717) is 5.56 Å². The quantitative estimate of drug-likeness (QED) is 0.448. The van der Waals surface area contributed by atoms with Gasteiger partial charge in [0.15, 0.2) is 0 Å². The Morgan fingerprint density at radius 1 is 0.889 bits per heavy atom. The number of hydrogen-bond acceptors (Lipinski definition) is 1. The van der Waals surface area contributed by atoms with Crippen molar-refractivity contribution in [1.29, 1.82) is 0 Å². The fourth-order valence-corrected chi connectivity index (χ4v) is 3.00. The highest BCUT2D eigenvalue weighted by Gasteiger charge is 2.11. The van der Waals surface area contributed by atoms with Crippen LogP contribution in [0.5, 0.6) is 0 Å². The maximum absolute atomic E-state index is 11.5. The van der Waals surface area contributed by atoms with E-state index in [1.807, 2.05) is 42.5 Å². The van der Waals surface area contributed by atoms with Crippen LogP contribution in [-0.2, 0) is 0 Å². The molecule has 0 heterocycles. The summed E-state index contributed by atoms with van der Waals surface area (Å²) in [6, 6.07) is 15.6. The molecule has 3 heteroatoms. The van der Waals surface area contributed by atoms with Gasteiger partial charge < -0.3 is 0 Å². The topological polar surface area (TPSA) is 17.1 Å². The molecule has 0 bridgehead atoms. The fraction of sp³-hybridized carbons (Fsp3) is 0. The van der Waals surface area contributed by atoms with E-state index in [0.717, 1.165) is 26.0 Å². The molecule has 0 radical (unpaired) electrons. The van der Waals surface area contributed by atoms with Crippen LogP contribution in [0.1, 0.15) is 10.4 Å². The van der Waals surface area contributed by atoms with Gasteiger partial charge in [0.2, 0.25) is 0 Å². The number of carbonyl (C=O) groups excluding carboxylic acids is 1. The second-order valence-corrected chi connectivity index (χ2v) is 5.28. The van der Waals surface area contributed by atoms with Gasteiger partial charge in [-0.15, -0.1) is 0 Å². The van der Waals surface area contributed by atoms with Crippen molar-refractivity contribution in [2.45, 2.75) is 0 Å². The van der Waals surface area contributed by atoms with Gasteiger partial charge in [0.05, 0.1) is 0 Å². The molecule has 0 atom stereocenters. The molecule has 0 N–H and O–H groups in total. The van der Waals surface area contributed by atoms with E-state index in [4.69, 9.17) is 11.6 Å². The summed E-state index contributed by atoms with van der Waals surface area (Å²) in [6.45, 7) is 0. The number of benzene rings is 3. The van der Waals surface area contributed by atoms with Gasteiger partial charge in [0, 0.05) is 10.0 Å². The molecule has 3 rings (SSSR count). The van der Waals surface area contributed by atoms with Crippen LogP contribution in [0.4, 0.5) is 0 Å². The summed E-state index contributed by atoms with van der Waals surface area (Å²) < 4.78 is 0.968. The van der Waals surface area contributed by atoms with E-state index in [1.54, 1.807) is 6.07 Å². The first kappa shape index (κ1) is 11.7. The third-order valence-corrected chi connectivity index (χ3v) is 3.92. The number of rotatable bonds is 1. The van der Waals surface area contributed by atoms with Crippen LogP contribution in [0, 0.1) is 0 Å². The summed E-state index contributed by atoms with van der Waals surface area (Å²) in [5.41, 5.74) is 0.542. The largest absolute Gasteiger partial charge is 0.276 e. The van der Waals surface area contributed by atoms with Crippen molar-refractivity contribution < 1.29 is 4.79 Å². The summed E-state index contributed by atoms with van der Waals surface area (Å²) in [4.78, 5) is 11.5. The zero-order valence-electron chi connectivity index (χ0n) is 9.28. The van der Waals surface area contributed by atoms with Gasteiger partial charge in [-0.3, -0.25) is 4.79 Å². The molecule has 0 aromatic heterocycles. The standard InChI is InChI=1S/C15H8BrClO/c16-14-8-13-10(6-3-7-12(13)15(17)18)9-4-1-2-5-11(9)14/h1-8H. The molecule has 18 heavy (non-hydrogen) atoms. The first-order valence-corrected chi connectivity index (χ1v) is 6.65. The number of halogens is 2. The first-order valence-electron chi connectivity index (χ1n) is 5.48. The minimum absolute atomic E-state index is 0.428. The smallest absolute Gasteiger partial charge is 0.253 e. The van der Waals surface area contributed by atoms with Gasteiger partial charge in [-0.2, -0.15) is 0 Å². The third-order valence-electron chi connectivity index (χ3n) is 3.06. The molecule has 88 valence electrons. The maximum Gasteiger partial charge on any atom is 0.253 e. The highest BCUT2D eigenvalue weighted by molar-refractivity contribution is 9.10. The molecular formula is C15H8BrClO. The van der Waals surface area contributed by atoms with Crippen LogP contribution in [0.15, 0.2) is 53.0 Å². The van der Waals surface area contributed by atoms with Gasteiger partial charge >= 0.3 is 0 Å². The predicted octanol–water partition coefficient (Wildman–Crippen LogP) is 5.13. The highest BCUT2D eigenvalue weighted by Crippen LogP contribution is 2.33. The lowest BCUT2D eigenvalue weighted by atomic mass is 9.99. The van der Waals surface area contributed by atoms with Crippen LogP contribution >= 0.6 is 27.5 Å². The Morgan fingerprint density at radius 2 is 1.50 bits per heavy atom. The third kappa shape index (κ3) is 1.73. The Hall–Kier alpha value is -1.38. The van der Waals surface area contributed by atoms with E-state index in [1.165, 1.54) is 0 Å². The van der Waals surface area contributed by atoms with Crippen LogP contribution in [0.3, 0.4) is 0 Å². The molecule has 3 aromatic carbocycles. The molecule has 3 aromatic rings. The molecule has 0 aliphatic carbocycles. The molecule has 0 aliphatic rings. The normalized spacial score (nSPS) is 11.0. The summed E-state index contributed by atoms with van der Waals surface area (Å²) in [7, 11) is 0. The zero-order chi connectivity index (χ0) is 12.7. The van der Waals surface area contributed by atoms with Crippen LogP contribution in [-0.4, -0.2) is 5.24 Å². The van der Waals surface area contributed by atoms with Crippen molar-refractivity contribution >= 4 is 54.3 Å². The summed E-state index contributed by atoms with van der Waals surface area (Å²) in [5.74, 6) is 0. The Balaban J connectivity index is 2.58. The van der Waals surface area contributed by atoms with E-state index >= 15 is 0 Å². The minimum atomic E-state index is -0.428. The molecule has 0 saturated heterocycles. The van der Waals surface area contributed by atoms with Crippen molar-refractivity contribution in [2.24, 2.45) is 0 Å². The molecule has 0 spiro atoms. The number of hydrogen-bond donors (Lipinski definition) is 0. The minimum Gasteiger partial charge on any atom is -0.276 e. The Bertz CT molecular complexity index is 780. The van der Waals surface area contributed by atoms with E-state index in [2.05, 4.69) is 15.9 Å². The van der Waals surface area contributed by atoms with Crippen molar-refractivity contribution in [3.8, 4) is 0 Å². The Morgan fingerprint density at radius 3 is 2.22 bits per heavy atom. The summed E-state index contributed by atoms with van der Waals surface area (Å²) >= 11 is 9.18. The van der Waals surface area contributed by atoms with Crippen molar-refractivity contribution in [2.75, 3.05) is 0 Å². The molecule has 0 aliphatic heterocycles. The summed E-state index contributed by atoms with van der Waals surface area (Å²) in [6.07, 6.45) is 0. The Labute approximate surface area is 117 Å². The van der Waals surface area contributed by atoms with Crippen LogP contribution < -0.4 is 0 Å². The second-order valence-electron chi connectivity index (χ2n) is 4.08. The SMILES string of the molecule is O=C(Cl)c1cccc2c1cc(Br)c1ccccc12. The predicted molar refractivity (Wildman–Crippen MR) is 79.3 cm³/mol. The summed E-state index contributed by atoms with van der Waals surface area (Å²) in [5, 5.41) is 3.73. The number of fused-ring (bicyclic) bond motifs is 3. The maximum atomic E-state index is 11.5. The lowest BCUT2D eigenvalue weighted by Gasteiger charge is -2.08. The van der Waals surface area contributed by atoms with Gasteiger partial charge in [-0.1, -0.05) is 52.3 Å². The molecule has 0 fully saturated rings. The number of carbonyl (C=O) groups is 1. The second kappa shape index (κ2) is 4.38. The zero-order valence-corrected chi connectivity index (χ0v) is 11.6. The van der Waals surface area contributed by atoms with Crippen molar-refractivity contribution in [3.05, 3.63) is 58.6 Å². The van der Waals surface area contributed by atoms with E-state index in [-0.39, 0.29) is 0 Å². The van der Waals surface area contributed by atoms with E-state index < -0.39 is 5.24 Å². The molecule has 1 nitrogen and oxygen atoms in total. The lowest BCUT2D eigenvalue weighted by Crippen LogP contribution is -1.91. The van der Waals surface area contributed by atoms with Gasteiger partial charge in [0.1, 0.15) is 0 Å². The monoisotopic (exact) mass is 318 g/mol. The van der Waals surface area contributed by atoms with Crippen molar-refractivity contribution in [1.82, 2.24) is 0 Å². The van der Waals surface area contributed by atoms with Crippen molar-refractivity contribution in [3.63, 3.8) is 0 Å². The van der Waals surface area contributed by atoms with Gasteiger partial charge in [0.25, 0.3) is 5.24 Å².